The van der Waals surface area contributed by atoms with E-state index in [1.807, 2.05) is 0 Å². The number of aliphatic hydroxyl groups is 1. The molecule has 0 spiro atoms. The predicted octanol–water partition coefficient (Wildman–Crippen LogP) is 4.28. The number of unbranched alkanes of at least 4 members (excludes halogenated alkanes) is 1. The van der Waals surface area contributed by atoms with E-state index in [0.717, 1.165) is 25.0 Å². The molecule has 0 radical (unpaired) electrons. The van der Waals surface area contributed by atoms with Crippen molar-refractivity contribution in [2.45, 2.75) is 50.1 Å². The van der Waals surface area contributed by atoms with Gasteiger partial charge in [-0.25, -0.2) is 4.79 Å². The minimum atomic E-state index is -6.01. The van der Waals surface area contributed by atoms with Gasteiger partial charge in [0.05, 0.1) is 0 Å². The lowest BCUT2D eigenvalue weighted by molar-refractivity contribution is -0.376. The van der Waals surface area contributed by atoms with Gasteiger partial charge in [-0.2, -0.15) is 26.3 Å². The molecule has 6 nitrogen and oxygen atoms in total. The second-order valence-electron chi connectivity index (χ2n) is 7.23. The number of amides is 2. The second kappa shape index (κ2) is 9.33. The van der Waals surface area contributed by atoms with E-state index in [2.05, 4.69) is 0 Å². The van der Waals surface area contributed by atoms with E-state index >= 15 is 0 Å². The molecule has 2 N–H and O–H groups in total. The van der Waals surface area contributed by atoms with Crippen molar-refractivity contribution in [3.8, 4) is 0 Å². The molecule has 0 aliphatic carbocycles. The summed E-state index contributed by atoms with van der Waals surface area (Å²) in [5.41, 5.74) is -6.43. The number of urea groups is 1. The molecular formula is C19H22F6N2O4. The van der Waals surface area contributed by atoms with E-state index < -0.39 is 35.5 Å². The fourth-order valence-electron chi connectivity index (χ4n) is 3.33. The number of anilines is 1. The lowest BCUT2D eigenvalue weighted by Crippen LogP contribution is -2.53. The van der Waals surface area contributed by atoms with Crippen molar-refractivity contribution in [3.63, 3.8) is 0 Å². The van der Waals surface area contributed by atoms with Gasteiger partial charge in [-0.05, 0) is 37.8 Å². The van der Waals surface area contributed by atoms with Crippen LogP contribution in [0.25, 0.3) is 0 Å². The van der Waals surface area contributed by atoms with Gasteiger partial charge in [0.15, 0.2) is 0 Å². The number of nitrogens with zero attached hydrogens (tertiary/aromatic N) is 2. The van der Waals surface area contributed by atoms with Crippen LogP contribution < -0.4 is 4.90 Å². The molecule has 1 aliphatic rings. The summed E-state index contributed by atoms with van der Waals surface area (Å²) >= 11 is 0. The maximum Gasteiger partial charge on any atom is 0.430 e. The molecule has 0 bridgehead atoms. The van der Waals surface area contributed by atoms with E-state index in [1.165, 1.54) is 9.80 Å². The molecular weight excluding hydrogens is 434 g/mol. The number of hydrogen-bond acceptors (Lipinski definition) is 3. The van der Waals surface area contributed by atoms with Gasteiger partial charge in [-0.3, -0.25) is 9.69 Å². The van der Waals surface area contributed by atoms with E-state index in [0.29, 0.717) is 25.2 Å². The Bertz CT molecular complexity index is 759. The first kappa shape index (κ1) is 24.8. The van der Waals surface area contributed by atoms with Crippen LogP contribution in [0.15, 0.2) is 24.3 Å². The van der Waals surface area contributed by atoms with Crippen molar-refractivity contribution < 1.29 is 46.1 Å². The van der Waals surface area contributed by atoms with Gasteiger partial charge in [0.1, 0.15) is 0 Å². The smallest absolute Gasteiger partial charge is 0.430 e. The summed E-state index contributed by atoms with van der Waals surface area (Å²) in [4.78, 5) is 26.2. The summed E-state index contributed by atoms with van der Waals surface area (Å²) in [6, 6.07) is 2.31. The highest BCUT2D eigenvalue weighted by Gasteiger charge is 2.71. The van der Waals surface area contributed by atoms with Crippen molar-refractivity contribution in [2.75, 3.05) is 24.5 Å². The van der Waals surface area contributed by atoms with Gasteiger partial charge < -0.3 is 15.1 Å². The normalized spacial score (nSPS) is 15.3. The van der Waals surface area contributed by atoms with E-state index in [1.54, 1.807) is 0 Å². The topological polar surface area (TPSA) is 81.1 Å². The van der Waals surface area contributed by atoms with Crippen LogP contribution in [0.2, 0.25) is 0 Å². The molecule has 1 aliphatic heterocycles. The van der Waals surface area contributed by atoms with Gasteiger partial charge in [0, 0.05) is 37.3 Å². The van der Waals surface area contributed by atoms with Crippen LogP contribution in [0.4, 0.5) is 36.8 Å². The molecule has 0 atom stereocenters. The van der Waals surface area contributed by atoms with Crippen LogP contribution in [0.1, 0.15) is 37.7 Å². The van der Waals surface area contributed by atoms with E-state index in [-0.39, 0.29) is 31.5 Å². The number of halogens is 6. The Morgan fingerprint density at radius 2 is 1.45 bits per heavy atom. The van der Waals surface area contributed by atoms with Crippen molar-refractivity contribution in [1.82, 2.24) is 4.90 Å². The van der Waals surface area contributed by atoms with E-state index in [4.69, 9.17) is 5.11 Å². The zero-order valence-electron chi connectivity index (χ0n) is 16.3. The minimum Gasteiger partial charge on any atom is -0.481 e. The summed E-state index contributed by atoms with van der Waals surface area (Å²) in [7, 11) is 0. The number of carboxylic acid groups (broad SMARTS) is 1. The van der Waals surface area contributed by atoms with Crippen LogP contribution in [0.3, 0.4) is 0 Å². The molecule has 2 rings (SSSR count). The Balaban J connectivity index is 2.31. The highest BCUT2D eigenvalue weighted by molar-refractivity contribution is 5.92. The number of carbonyl (C=O) groups is 2. The average Bonchev–Trinajstić information content (AvgIpc) is 3.20. The van der Waals surface area contributed by atoms with Crippen LogP contribution in [-0.2, 0) is 10.4 Å². The zero-order valence-corrected chi connectivity index (χ0v) is 16.3. The molecule has 0 saturated carbocycles. The highest BCUT2D eigenvalue weighted by Crippen LogP contribution is 2.50. The number of aliphatic carboxylic acids is 1. The van der Waals surface area contributed by atoms with Crippen molar-refractivity contribution in [2.24, 2.45) is 0 Å². The summed E-state index contributed by atoms with van der Waals surface area (Å²) in [5, 5.41) is 18.2. The van der Waals surface area contributed by atoms with Crippen LogP contribution >= 0.6 is 0 Å². The molecule has 174 valence electrons. The fraction of sp³-hybridized carbons (Fsp3) is 0.579. The summed E-state index contributed by atoms with van der Waals surface area (Å²) < 4.78 is 78.4. The Labute approximate surface area is 174 Å². The Morgan fingerprint density at radius 1 is 0.935 bits per heavy atom. The maximum atomic E-state index is 13.1. The molecule has 1 heterocycles. The lowest BCUT2D eigenvalue weighted by Gasteiger charge is -2.33. The molecule has 0 aromatic heterocycles. The summed E-state index contributed by atoms with van der Waals surface area (Å²) in [5.74, 6) is -1.03. The number of alkyl halides is 6. The largest absolute Gasteiger partial charge is 0.481 e. The molecule has 1 aromatic rings. The number of benzene rings is 1. The number of hydrogen-bond donors (Lipinski definition) is 2. The number of rotatable bonds is 7. The molecule has 1 saturated heterocycles. The molecule has 31 heavy (non-hydrogen) atoms. The van der Waals surface area contributed by atoms with E-state index in [9.17, 15) is 41.0 Å². The zero-order chi connectivity index (χ0) is 23.4. The van der Waals surface area contributed by atoms with Crippen LogP contribution in [0.5, 0.6) is 0 Å². The molecule has 0 unspecified atom stereocenters. The van der Waals surface area contributed by atoms with Crippen molar-refractivity contribution in [3.05, 3.63) is 29.8 Å². The van der Waals surface area contributed by atoms with Gasteiger partial charge >= 0.3 is 24.4 Å². The van der Waals surface area contributed by atoms with Gasteiger partial charge in [-0.15, -0.1) is 0 Å². The SMILES string of the molecule is O=C(O)CCCCN(C(=O)N1CCCC1)c1ccc(C(O)(C(F)(F)F)C(F)(F)F)cc1. The Hall–Kier alpha value is -2.50. The monoisotopic (exact) mass is 456 g/mol. The number of likely N-dealkylation sites (tertiary alicyclic amines) is 1. The van der Waals surface area contributed by atoms with Gasteiger partial charge in [0.2, 0.25) is 0 Å². The maximum absolute atomic E-state index is 13.1. The van der Waals surface area contributed by atoms with Crippen LogP contribution in [0, 0.1) is 0 Å². The quantitative estimate of drug-likeness (QED) is 0.474. The first-order valence-electron chi connectivity index (χ1n) is 9.53. The molecule has 1 aromatic carbocycles. The molecule has 1 fully saturated rings. The first-order chi connectivity index (χ1) is 14.3. The third-order valence-electron chi connectivity index (χ3n) is 5.05. The standard InChI is InChI=1S/C19H22F6N2O4/c20-18(21,22)17(31,19(23,24)25)13-6-8-14(9-7-13)27(12-2-1-5-15(28)29)16(30)26-10-3-4-11-26/h6-9,31H,1-5,10-12H2,(H,28,29). The lowest BCUT2D eigenvalue weighted by atomic mass is 9.92. The number of carbonyl (C=O) groups excluding carboxylic acids is 1. The average molecular weight is 456 g/mol. The van der Waals surface area contributed by atoms with Crippen LogP contribution in [-0.4, -0.2) is 59.1 Å². The predicted molar refractivity (Wildman–Crippen MR) is 97.5 cm³/mol. The van der Waals surface area contributed by atoms with Gasteiger partial charge in [0.25, 0.3) is 5.60 Å². The summed E-state index contributed by atoms with van der Waals surface area (Å²) in [6.07, 6.45) is -10.1. The Morgan fingerprint density at radius 3 is 1.90 bits per heavy atom. The molecule has 12 heteroatoms. The number of carboxylic acids is 1. The Kier molecular flexibility index (Phi) is 7.45. The summed E-state index contributed by atoms with van der Waals surface area (Å²) in [6.45, 7) is 0.958. The second-order valence-corrected chi connectivity index (χ2v) is 7.23. The minimum absolute atomic E-state index is 0.0325. The molecule has 2 amide bonds. The fourth-order valence-corrected chi connectivity index (χ4v) is 3.33. The highest BCUT2D eigenvalue weighted by atomic mass is 19.4. The van der Waals surface area contributed by atoms with Crippen molar-refractivity contribution in [1.29, 1.82) is 0 Å². The van der Waals surface area contributed by atoms with Gasteiger partial charge in [-0.1, -0.05) is 12.1 Å². The third kappa shape index (κ3) is 5.41. The third-order valence-corrected chi connectivity index (χ3v) is 5.05. The first-order valence-corrected chi connectivity index (χ1v) is 9.53. The van der Waals surface area contributed by atoms with Crippen molar-refractivity contribution >= 4 is 17.7 Å².